The third kappa shape index (κ3) is 1.35. The molecular formula is C9H13N2O. The molecule has 0 spiro atoms. The van der Waals surface area contributed by atoms with Gasteiger partial charge >= 0.3 is 0 Å². The van der Waals surface area contributed by atoms with Crippen molar-refractivity contribution < 1.29 is 4.79 Å². The highest BCUT2D eigenvalue weighted by atomic mass is 16.2. The van der Waals surface area contributed by atoms with Crippen LogP contribution in [0.1, 0.15) is 6.42 Å². The van der Waals surface area contributed by atoms with Crippen LogP contribution in [-0.2, 0) is 4.79 Å². The first kappa shape index (κ1) is 8.84. The van der Waals surface area contributed by atoms with Gasteiger partial charge in [-0.15, -0.1) is 0 Å². The van der Waals surface area contributed by atoms with Crippen LogP contribution in [0.4, 0.5) is 0 Å². The Labute approximate surface area is 72.5 Å². The molecular weight excluding hydrogens is 152 g/mol. The summed E-state index contributed by atoms with van der Waals surface area (Å²) in [6, 6.07) is 0. The van der Waals surface area contributed by atoms with Crippen molar-refractivity contribution >= 4 is 5.91 Å². The van der Waals surface area contributed by atoms with Crippen molar-refractivity contribution in [1.82, 2.24) is 10.6 Å². The van der Waals surface area contributed by atoms with Crippen LogP contribution in [0.25, 0.3) is 0 Å². The molecule has 2 N–H and O–H groups in total. The predicted octanol–water partition coefficient (Wildman–Crippen LogP) is 0.368. The van der Waals surface area contributed by atoms with Crippen LogP contribution >= 0.6 is 0 Å². The monoisotopic (exact) mass is 165 g/mol. The average Bonchev–Trinajstić information content (AvgIpc) is 2.17. The van der Waals surface area contributed by atoms with Crippen molar-refractivity contribution in [2.75, 3.05) is 7.05 Å². The quantitative estimate of drug-likeness (QED) is 0.620. The van der Waals surface area contributed by atoms with Crippen LogP contribution in [0.15, 0.2) is 24.4 Å². The average molecular weight is 165 g/mol. The topological polar surface area (TPSA) is 41.1 Å². The minimum absolute atomic E-state index is 0.0573. The van der Waals surface area contributed by atoms with E-state index >= 15 is 0 Å². The van der Waals surface area contributed by atoms with Gasteiger partial charge in [0.2, 0.25) is 5.91 Å². The molecule has 3 heteroatoms. The van der Waals surface area contributed by atoms with Crippen LogP contribution < -0.4 is 10.6 Å². The number of rotatable bonds is 2. The van der Waals surface area contributed by atoms with E-state index in [1.165, 1.54) is 0 Å². The van der Waals surface area contributed by atoms with Gasteiger partial charge in [-0.2, -0.15) is 0 Å². The molecule has 0 saturated heterocycles. The molecule has 1 radical (unpaired) electrons. The Morgan fingerprint density at radius 1 is 1.67 bits per heavy atom. The number of dihydropyridines is 1. The first-order valence-electron chi connectivity index (χ1n) is 3.89. The Morgan fingerprint density at radius 2 is 2.42 bits per heavy atom. The minimum Gasteiger partial charge on any atom is -0.374 e. The Morgan fingerprint density at radius 3 is 2.83 bits per heavy atom. The second-order valence-corrected chi connectivity index (χ2v) is 2.66. The molecule has 0 aromatic carbocycles. The number of amides is 1. The highest BCUT2D eigenvalue weighted by Crippen LogP contribution is 2.14. The van der Waals surface area contributed by atoms with E-state index in [0.29, 0.717) is 6.42 Å². The fraction of sp³-hybridized carbons (Fsp3) is 0.333. The maximum Gasteiger partial charge on any atom is 0.249 e. The summed E-state index contributed by atoms with van der Waals surface area (Å²) >= 11 is 0. The standard InChI is InChI=1S/C9H13N2O/c1-3-9(8(12)10-2)6-4-5-7-11-9/h4-7,11H,1,3H2,2H3,(H,10,12). The summed E-state index contributed by atoms with van der Waals surface area (Å²) in [4.78, 5) is 11.4. The second kappa shape index (κ2) is 3.43. The van der Waals surface area contributed by atoms with Gasteiger partial charge in [-0.3, -0.25) is 4.79 Å². The van der Waals surface area contributed by atoms with E-state index < -0.39 is 5.54 Å². The summed E-state index contributed by atoms with van der Waals surface area (Å²) in [6.45, 7) is 3.74. The molecule has 0 saturated carbocycles. The van der Waals surface area contributed by atoms with Crippen LogP contribution in [0.3, 0.4) is 0 Å². The zero-order valence-corrected chi connectivity index (χ0v) is 7.13. The van der Waals surface area contributed by atoms with Gasteiger partial charge in [0, 0.05) is 7.05 Å². The molecule has 0 bridgehead atoms. The van der Waals surface area contributed by atoms with Crippen molar-refractivity contribution in [3.8, 4) is 0 Å². The maximum absolute atomic E-state index is 11.4. The van der Waals surface area contributed by atoms with Crippen molar-refractivity contribution in [2.45, 2.75) is 12.0 Å². The third-order valence-electron chi connectivity index (χ3n) is 1.96. The van der Waals surface area contributed by atoms with E-state index in [1.807, 2.05) is 18.2 Å². The SMILES string of the molecule is [CH2]CC1(C(=O)NC)C=CC=CN1. The van der Waals surface area contributed by atoms with Crippen LogP contribution in [0, 0.1) is 6.92 Å². The minimum atomic E-state index is -0.649. The molecule has 1 unspecified atom stereocenters. The molecule has 1 rings (SSSR count). The Kier molecular flexibility index (Phi) is 2.53. The molecule has 0 aliphatic carbocycles. The van der Waals surface area contributed by atoms with E-state index in [9.17, 15) is 4.79 Å². The summed E-state index contributed by atoms with van der Waals surface area (Å²) in [5.41, 5.74) is -0.649. The predicted molar refractivity (Wildman–Crippen MR) is 48.2 cm³/mol. The van der Waals surface area contributed by atoms with Crippen molar-refractivity contribution in [2.24, 2.45) is 0 Å². The molecule has 1 atom stereocenters. The number of hydrogen-bond acceptors (Lipinski definition) is 2. The van der Waals surface area contributed by atoms with Crippen molar-refractivity contribution in [3.05, 3.63) is 31.4 Å². The smallest absolute Gasteiger partial charge is 0.249 e. The number of hydrogen-bond donors (Lipinski definition) is 2. The van der Waals surface area contributed by atoms with Gasteiger partial charge in [0.1, 0.15) is 5.54 Å². The largest absolute Gasteiger partial charge is 0.374 e. The highest BCUT2D eigenvalue weighted by Gasteiger charge is 2.32. The summed E-state index contributed by atoms with van der Waals surface area (Å²) in [5, 5.41) is 5.59. The van der Waals surface area contributed by atoms with E-state index in [0.717, 1.165) is 0 Å². The highest BCUT2D eigenvalue weighted by molar-refractivity contribution is 5.89. The fourth-order valence-corrected chi connectivity index (χ4v) is 1.15. The lowest BCUT2D eigenvalue weighted by Gasteiger charge is -2.29. The molecule has 1 aliphatic rings. The summed E-state index contributed by atoms with van der Waals surface area (Å²) < 4.78 is 0. The van der Waals surface area contributed by atoms with Crippen LogP contribution in [0.5, 0.6) is 0 Å². The van der Waals surface area contributed by atoms with Crippen molar-refractivity contribution in [3.63, 3.8) is 0 Å². The lowest BCUT2D eigenvalue weighted by atomic mass is 9.93. The second-order valence-electron chi connectivity index (χ2n) is 2.66. The third-order valence-corrected chi connectivity index (χ3v) is 1.96. The summed E-state index contributed by atoms with van der Waals surface area (Å²) in [6.07, 6.45) is 7.75. The Hall–Kier alpha value is -1.25. The summed E-state index contributed by atoms with van der Waals surface area (Å²) in [5.74, 6) is -0.0573. The maximum atomic E-state index is 11.4. The molecule has 1 heterocycles. The molecule has 0 aromatic rings. The molecule has 12 heavy (non-hydrogen) atoms. The molecule has 0 fully saturated rings. The van der Waals surface area contributed by atoms with E-state index in [1.54, 1.807) is 13.2 Å². The van der Waals surface area contributed by atoms with Gasteiger partial charge in [0.25, 0.3) is 0 Å². The first-order valence-corrected chi connectivity index (χ1v) is 3.89. The first-order chi connectivity index (χ1) is 5.75. The van der Waals surface area contributed by atoms with Crippen LogP contribution in [-0.4, -0.2) is 18.5 Å². The zero-order valence-electron chi connectivity index (χ0n) is 7.13. The van der Waals surface area contributed by atoms with Gasteiger partial charge < -0.3 is 10.6 Å². The van der Waals surface area contributed by atoms with Crippen molar-refractivity contribution in [1.29, 1.82) is 0 Å². The molecule has 1 aliphatic heterocycles. The normalized spacial score (nSPS) is 26.5. The number of likely N-dealkylation sites (N-methyl/N-ethyl adjacent to an activating group) is 1. The fourth-order valence-electron chi connectivity index (χ4n) is 1.15. The van der Waals surface area contributed by atoms with Gasteiger partial charge in [-0.25, -0.2) is 0 Å². The number of nitrogens with one attached hydrogen (secondary N) is 2. The van der Waals surface area contributed by atoms with Gasteiger partial charge in [0.05, 0.1) is 0 Å². The van der Waals surface area contributed by atoms with Gasteiger partial charge in [-0.05, 0) is 24.8 Å². The van der Waals surface area contributed by atoms with E-state index in [2.05, 4.69) is 17.6 Å². The van der Waals surface area contributed by atoms with E-state index in [4.69, 9.17) is 0 Å². The molecule has 65 valence electrons. The number of carbonyl (C=O) groups excluding carboxylic acids is 1. The Balaban J connectivity index is 2.83. The Bertz CT molecular complexity index is 233. The summed E-state index contributed by atoms with van der Waals surface area (Å²) in [7, 11) is 1.62. The van der Waals surface area contributed by atoms with E-state index in [-0.39, 0.29) is 5.91 Å². The molecule has 0 aromatic heterocycles. The zero-order chi connectivity index (χ0) is 9.03. The lowest BCUT2D eigenvalue weighted by Crippen LogP contribution is -2.53. The molecule has 1 amide bonds. The number of carbonyl (C=O) groups is 1. The van der Waals surface area contributed by atoms with Crippen LogP contribution in [0.2, 0.25) is 0 Å². The molecule has 3 nitrogen and oxygen atoms in total. The number of allylic oxidation sites excluding steroid dienone is 2. The van der Waals surface area contributed by atoms with Gasteiger partial charge in [-0.1, -0.05) is 13.0 Å². The van der Waals surface area contributed by atoms with Gasteiger partial charge in [0.15, 0.2) is 0 Å². The lowest BCUT2D eigenvalue weighted by molar-refractivity contribution is -0.125.